The second kappa shape index (κ2) is 6.03. The van der Waals surface area contributed by atoms with Gasteiger partial charge in [0.2, 0.25) is 0 Å². The maximum atomic E-state index is 5.52. The van der Waals surface area contributed by atoms with Crippen LogP contribution in [0.2, 0.25) is 0 Å². The number of aromatic nitrogens is 3. The van der Waals surface area contributed by atoms with Crippen LogP contribution in [0.15, 0.2) is 35.3 Å². The molecule has 5 nitrogen and oxygen atoms in total. The van der Waals surface area contributed by atoms with Gasteiger partial charge >= 0.3 is 0 Å². The van der Waals surface area contributed by atoms with Crippen molar-refractivity contribution in [1.29, 1.82) is 0 Å². The van der Waals surface area contributed by atoms with Crippen molar-refractivity contribution in [3.8, 4) is 0 Å². The SMILES string of the molecule is CO[C@@H]1CC(c2ncc[nH]2)N(Cc2cncc(Br)c2)C1. The third-order valence-electron chi connectivity index (χ3n) is 3.68. The van der Waals surface area contributed by atoms with Gasteiger partial charge in [-0.25, -0.2) is 4.98 Å². The Kier molecular flexibility index (Phi) is 4.14. The summed E-state index contributed by atoms with van der Waals surface area (Å²) in [6, 6.07) is 2.38. The van der Waals surface area contributed by atoms with Gasteiger partial charge in [-0.05, 0) is 34.0 Å². The molecule has 3 rings (SSSR count). The van der Waals surface area contributed by atoms with Crippen LogP contribution in [0.25, 0.3) is 0 Å². The van der Waals surface area contributed by atoms with E-state index in [9.17, 15) is 0 Å². The minimum absolute atomic E-state index is 0.255. The van der Waals surface area contributed by atoms with E-state index >= 15 is 0 Å². The Morgan fingerprint density at radius 1 is 1.50 bits per heavy atom. The zero-order chi connectivity index (χ0) is 13.9. The molecule has 1 N–H and O–H groups in total. The highest BCUT2D eigenvalue weighted by atomic mass is 79.9. The molecule has 2 aromatic heterocycles. The smallest absolute Gasteiger partial charge is 0.123 e. The molecule has 3 heterocycles. The van der Waals surface area contributed by atoms with Gasteiger partial charge in [-0.3, -0.25) is 9.88 Å². The number of likely N-dealkylation sites (tertiary alicyclic amines) is 1. The fourth-order valence-electron chi connectivity index (χ4n) is 2.73. The van der Waals surface area contributed by atoms with Crippen LogP contribution in [-0.2, 0) is 11.3 Å². The Morgan fingerprint density at radius 2 is 2.40 bits per heavy atom. The van der Waals surface area contributed by atoms with Crippen LogP contribution in [0, 0.1) is 0 Å². The molecule has 1 aliphatic rings. The van der Waals surface area contributed by atoms with Crippen LogP contribution in [0.3, 0.4) is 0 Å². The number of nitrogens with one attached hydrogen (secondary N) is 1. The van der Waals surface area contributed by atoms with E-state index in [1.54, 1.807) is 19.5 Å². The maximum absolute atomic E-state index is 5.52. The first-order chi connectivity index (χ1) is 9.76. The lowest BCUT2D eigenvalue weighted by Gasteiger charge is -2.22. The molecule has 2 aromatic rings. The van der Waals surface area contributed by atoms with Gasteiger partial charge in [-0.1, -0.05) is 0 Å². The molecule has 1 fully saturated rings. The van der Waals surface area contributed by atoms with Gasteiger partial charge in [0.15, 0.2) is 0 Å². The Bertz CT molecular complexity index is 560. The predicted molar refractivity (Wildman–Crippen MR) is 79.1 cm³/mol. The quantitative estimate of drug-likeness (QED) is 0.932. The van der Waals surface area contributed by atoms with E-state index in [1.165, 1.54) is 5.56 Å². The summed E-state index contributed by atoms with van der Waals surface area (Å²) >= 11 is 3.47. The number of aromatic amines is 1. The third-order valence-corrected chi connectivity index (χ3v) is 4.11. The lowest BCUT2D eigenvalue weighted by Crippen LogP contribution is -2.25. The van der Waals surface area contributed by atoms with Crippen molar-refractivity contribution < 1.29 is 4.74 Å². The predicted octanol–water partition coefficient (Wildman–Crippen LogP) is 2.53. The van der Waals surface area contributed by atoms with Crippen molar-refractivity contribution in [2.75, 3.05) is 13.7 Å². The molecule has 2 atom stereocenters. The Balaban J connectivity index is 1.79. The van der Waals surface area contributed by atoms with Crippen LogP contribution in [0.5, 0.6) is 0 Å². The molecule has 6 heteroatoms. The number of H-pyrrole nitrogens is 1. The molecule has 0 radical (unpaired) electrons. The molecule has 1 unspecified atom stereocenters. The van der Waals surface area contributed by atoms with Crippen molar-refractivity contribution in [3.05, 3.63) is 46.7 Å². The highest BCUT2D eigenvalue weighted by Gasteiger charge is 2.34. The van der Waals surface area contributed by atoms with E-state index in [2.05, 4.69) is 41.8 Å². The zero-order valence-corrected chi connectivity index (χ0v) is 12.9. The number of methoxy groups -OCH3 is 1. The topological polar surface area (TPSA) is 54.0 Å². The highest BCUT2D eigenvalue weighted by molar-refractivity contribution is 9.10. The van der Waals surface area contributed by atoms with Crippen LogP contribution in [0.1, 0.15) is 23.9 Å². The van der Waals surface area contributed by atoms with Crippen LogP contribution < -0.4 is 0 Å². The van der Waals surface area contributed by atoms with Crippen LogP contribution in [0.4, 0.5) is 0 Å². The van der Waals surface area contributed by atoms with Crippen molar-refractivity contribution >= 4 is 15.9 Å². The second-order valence-corrected chi connectivity index (χ2v) is 5.94. The number of hydrogen-bond acceptors (Lipinski definition) is 4. The van der Waals surface area contributed by atoms with Gasteiger partial charge in [-0.2, -0.15) is 0 Å². The summed E-state index contributed by atoms with van der Waals surface area (Å²) in [7, 11) is 1.77. The number of nitrogens with zero attached hydrogens (tertiary/aromatic N) is 3. The first-order valence-electron chi connectivity index (χ1n) is 6.62. The summed E-state index contributed by atoms with van der Waals surface area (Å²) < 4.78 is 6.53. The fourth-order valence-corrected chi connectivity index (χ4v) is 3.14. The lowest BCUT2D eigenvalue weighted by atomic mass is 10.2. The minimum atomic E-state index is 0.255. The molecule has 0 spiro atoms. The van der Waals surface area contributed by atoms with Crippen LogP contribution >= 0.6 is 15.9 Å². The van der Waals surface area contributed by atoms with Crippen LogP contribution in [-0.4, -0.2) is 39.6 Å². The lowest BCUT2D eigenvalue weighted by molar-refractivity contribution is 0.107. The Hall–Kier alpha value is -1.24. The van der Waals surface area contributed by atoms with Crippen molar-refractivity contribution in [2.45, 2.75) is 25.1 Å². The normalized spacial score (nSPS) is 23.3. The molecule has 0 saturated carbocycles. The van der Waals surface area contributed by atoms with E-state index in [-0.39, 0.29) is 12.1 Å². The molecule has 0 amide bonds. The largest absolute Gasteiger partial charge is 0.380 e. The van der Waals surface area contributed by atoms with Gasteiger partial charge < -0.3 is 9.72 Å². The molecular weight excluding hydrogens is 320 g/mol. The van der Waals surface area contributed by atoms with Crippen molar-refractivity contribution in [1.82, 2.24) is 19.9 Å². The molecule has 1 saturated heterocycles. The molecule has 0 aliphatic carbocycles. The van der Waals surface area contributed by atoms with E-state index in [1.807, 2.05) is 12.4 Å². The van der Waals surface area contributed by atoms with Gasteiger partial charge in [0.25, 0.3) is 0 Å². The van der Waals surface area contributed by atoms with E-state index in [4.69, 9.17) is 4.74 Å². The van der Waals surface area contributed by atoms with Gasteiger partial charge in [-0.15, -0.1) is 0 Å². The molecule has 20 heavy (non-hydrogen) atoms. The van der Waals surface area contributed by atoms with E-state index in [0.29, 0.717) is 0 Å². The summed E-state index contributed by atoms with van der Waals surface area (Å²) in [5.74, 6) is 1.01. The first-order valence-corrected chi connectivity index (χ1v) is 7.41. The average Bonchev–Trinajstić information content (AvgIpc) is 3.07. The van der Waals surface area contributed by atoms with Crippen molar-refractivity contribution in [3.63, 3.8) is 0 Å². The van der Waals surface area contributed by atoms with E-state index < -0.39 is 0 Å². The van der Waals surface area contributed by atoms with Crippen molar-refractivity contribution in [2.24, 2.45) is 0 Å². The molecular formula is C14H17BrN4O. The van der Waals surface area contributed by atoms with E-state index in [0.717, 1.165) is 29.8 Å². The number of pyridine rings is 1. The summed E-state index contributed by atoms with van der Waals surface area (Å²) in [5, 5.41) is 0. The summed E-state index contributed by atoms with van der Waals surface area (Å²) in [6.07, 6.45) is 8.60. The Labute approximate surface area is 126 Å². The number of ether oxygens (including phenoxy) is 1. The van der Waals surface area contributed by atoms with Gasteiger partial charge in [0.1, 0.15) is 5.82 Å². The number of imidazole rings is 1. The number of rotatable bonds is 4. The third kappa shape index (κ3) is 2.92. The fraction of sp³-hybridized carbons (Fsp3) is 0.429. The molecule has 106 valence electrons. The van der Waals surface area contributed by atoms with Gasteiger partial charge in [0, 0.05) is 49.5 Å². The highest BCUT2D eigenvalue weighted by Crippen LogP contribution is 2.32. The zero-order valence-electron chi connectivity index (χ0n) is 11.3. The minimum Gasteiger partial charge on any atom is -0.380 e. The number of halogens is 1. The monoisotopic (exact) mass is 336 g/mol. The summed E-state index contributed by atoms with van der Waals surface area (Å²) in [6.45, 7) is 1.76. The standard InChI is InChI=1S/C14H17BrN4O/c1-20-12-5-13(14-17-2-3-18-14)19(9-12)8-10-4-11(15)7-16-6-10/h2-4,6-7,12-13H,5,8-9H2,1H3,(H,17,18)/t12-,13?/m1/s1. The second-order valence-electron chi connectivity index (χ2n) is 5.02. The summed E-state index contributed by atoms with van der Waals surface area (Å²) in [4.78, 5) is 14.2. The first kappa shape index (κ1) is 13.7. The average molecular weight is 337 g/mol. The summed E-state index contributed by atoms with van der Waals surface area (Å²) in [5.41, 5.74) is 1.19. The molecule has 1 aliphatic heterocycles. The number of hydrogen-bond donors (Lipinski definition) is 1. The Morgan fingerprint density at radius 3 is 3.10 bits per heavy atom. The maximum Gasteiger partial charge on any atom is 0.123 e. The molecule has 0 aromatic carbocycles. The van der Waals surface area contributed by atoms with Gasteiger partial charge in [0.05, 0.1) is 12.1 Å². The molecule has 0 bridgehead atoms.